The Balaban J connectivity index is 2.26. The largest absolute Gasteiger partial charge is 0.494 e. The second kappa shape index (κ2) is 5.83. The summed E-state index contributed by atoms with van der Waals surface area (Å²) in [6.07, 6.45) is 2.87. The summed E-state index contributed by atoms with van der Waals surface area (Å²) in [6, 6.07) is 7.18. The number of hydrogen-bond donors (Lipinski definition) is 0. The number of ether oxygens (including phenoxy) is 1. The highest BCUT2D eigenvalue weighted by Crippen LogP contribution is 2.35. The van der Waals surface area contributed by atoms with E-state index >= 15 is 0 Å². The zero-order valence-electron chi connectivity index (χ0n) is 13.7. The van der Waals surface area contributed by atoms with Crippen LogP contribution in [0, 0.1) is 13.8 Å². The minimum Gasteiger partial charge on any atom is -0.494 e. The number of hydrogen-bond acceptors (Lipinski definition) is 5. The number of aryl methyl sites for hydroxylation is 2. The van der Waals surface area contributed by atoms with E-state index in [-0.39, 0.29) is 0 Å². The number of benzene rings is 1. The van der Waals surface area contributed by atoms with Gasteiger partial charge in [-0.15, -0.1) is 6.58 Å². The lowest BCUT2D eigenvalue weighted by atomic mass is 10.1. The lowest BCUT2D eigenvalue weighted by Gasteiger charge is -2.15. The second-order valence-electron chi connectivity index (χ2n) is 5.45. The molecule has 0 saturated heterocycles. The van der Waals surface area contributed by atoms with E-state index < -0.39 is 15.3 Å². The van der Waals surface area contributed by atoms with Crippen molar-refractivity contribution in [2.45, 2.75) is 19.1 Å². The Hall–Kier alpha value is -2.54. The maximum atomic E-state index is 13.3. The Kier molecular flexibility index (Phi) is 3.96. The maximum absolute atomic E-state index is 13.3. The molecule has 0 aliphatic rings. The minimum atomic E-state index is -3.82. The van der Waals surface area contributed by atoms with Crippen LogP contribution in [0.2, 0.25) is 0 Å². The number of nitrogens with zero attached hydrogens (tertiary/aromatic N) is 2. The van der Waals surface area contributed by atoms with Crippen molar-refractivity contribution in [1.29, 1.82) is 0 Å². The molecule has 24 heavy (non-hydrogen) atoms. The highest BCUT2D eigenvalue weighted by atomic mass is 32.2. The van der Waals surface area contributed by atoms with Gasteiger partial charge in [0.15, 0.2) is 0 Å². The minimum absolute atomic E-state index is 0.462. The Morgan fingerprint density at radius 3 is 2.62 bits per heavy atom. The lowest BCUT2D eigenvalue weighted by Crippen LogP contribution is -2.20. The smallest absolute Gasteiger partial charge is 0.250 e. The van der Waals surface area contributed by atoms with Crippen LogP contribution in [-0.2, 0) is 10.0 Å². The molecule has 6 nitrogen and oxygen atoms in total. The highest BCUT2D eigenvalue weighted by molar-refractivity contribution is 7.90. The van der Waals surface area contributed by atoms with E-state index in [1.165, 1.54) is 23.4 Å². The van der Waals surface area contributed by atoms with Crippen molar-refractivity contribution in [2.24, 2.45) is 0 Å². The first-order valence-corrected chi connectivity index (χ1v) is 8.86. The first kappa shape index (κ1) is 16.3. The summed E-state index contributed by atoms with van der Waals surface area (Å²) in [5.41, 5.74) is 1.60. The monoisotopic (exact) mass is 346 g/mol. The third kappa shape index (κ3) is 2.32. The zero-order valence-corrected chi connectivity index (χ0v) is 14.5. The molecule has 3 aromatic rings. The molecule has 2 aromatic heterocycles. The van der Waals surface area contributed by atoms with E-state index in [1.54, 1.807) is 26.0 Å². The van der Waals surface area contributed by atoms with Crippen molar-refractivity contribution in [2.75, 3.05) is 7.11 Å². The molecule has 3 rings (SSSR count). The molecule has 0 bridgehead atoms. The first-order valence-electron chi connectivity index (χ1n) is 7.35. The van der Waals surface area contributed by atoms with Crippen LogP contribution in [-0.4, -0.2) is 24.7 Å². The predicted octanol–water partition coefficient (Wildman–Crippen LogP) is 3.36. The van der Waals surface area contributed by atoms with Crippen molar-refractivity contribution >= 4 is 20.9 Å². The summed E-state index contributed by atoms with van der Waals surface area (Å²) < 4.78 is 38.2. The number of fused-ring (bicyclic) bond motifs is 1. The fourth-order valence-electron chi connectivity index (χ4n) is 2.90. The summed E-state index contributed by atoms with van der Waals surface area (Å²) in [5, 5.41) is 3.61. The molecule has 0 fully saturated rings. The van der Waals surface area contributed by atoms with Crippen molar-refractivity contribution in [3.63, 3.8) is 0 Å². The molecule has 7 heteroatoms. The Morgan fingerprint density at radius 2 is 2.04 bits per heavy atom. The standard InChI is InChI=1S/C17H18N2O4S/c1-5-16(17-11(2)18-23-12(17)3)24(20,21)19-10-15(22-4)13-8-6-7-9-14(13)19/h5-10,16H,1H2,2-4H3. The third-order valence-electron chi connectivity index (χ3n) is 4.04. The van der Waals surface area contributed by atoms with Gasteiger partial charge in [0.05, 0.1) is 24.5 Å². The molecule has 2 heterocycles. The SMILES string of the molecule is C=CC(c1c(C)noc1C)S(=O)(=O)n1cc(OC)c2ccccc21. The lowest BCUT2D eigenvalue weighted by molar-refractivity contribution is 0.392. The van der Waals surface area contributed by atoms with Crippen LogP contribution in [0.1, 0.15) is 22.3 Å². The van der Waals surface area contributed by atoms with Gasteiger partial charge in [-0.05, 0) is 26.0 Å². The molecule has 0 radical (unpaired) electrons. The van der Waals surface area contributed by atoms with Gasteiger partial charge < -0.3 is 9.26 Å². The van der Waals surface area contributed by atoms with Gasteiger partial charge in [-0.2, -0.15) is 0 Å². The average molecular weight is 346 g/mol. The van der Waals surface area contributed by atoms with Gasteiger partial charge in [0.1, 0.15) is 16.8 Å². The van der Waals surface area contributed by atoms with Gasteiger partial charge in [0.2, 0.25) is 10.0 Å². The van der Waals surface area contributed by atoms with Gasteiger partial charge in [-0.3, -0.25) is 0 Å². The molecule has 0 saturated carbocycles. The number of para-hydroxylation sites is 1. The quantitative estimate of drug-likeness (QED) is 0.662. The average Bonchev–Trinajstić information content (AvgIpc) is 3.10. The second-order valence-corrected chi connectivity index (χ2v) is 7.38. The first-order chi connectivity index (χ1) is 11.4. The molecule has 0 spiro atoms. The van der Waals surface area contributed by atoms with Gasteiger partial charge in [0.25, 0.3) is 0 Å². The van der Waals surface area contributed by atoms with E-state index in [0.717, 1.165) is 5.39 Å². The van der Waals surface area contributed by atoms with E-state index in [9.17, 15) is 8.42 Å². The number of rotatable bonds is 5. The van der Waals surface area contributed by atoms with Crippen LogP contribution in [0.15, 0.2) is 47.6 Å². The molecule has 1 atom stereocenters. The Bertz CT molecular complexity index is 995. The van der Waals surface area contributed by atoms with Gasteiger partial charge in [0, 0.05) is 10.9 Å². The van der Waals surface area contributed by atoms with Crippen molar-refractivity contribution < 1.29 is 17.7 Å². The third-order valence-corrected chi connectivity index (χ3v) is 5.96. The maximum Gasteiger partial charge on any atom is 0.250 e. The van der Waals surface area contributed by atoms with E-state index in [4.69, 9.17) is 9.26 Å². The van der Waals surface area contributed by atoms with Crippen molar-refractivity contribution in [3.05, 3.63) is 60.1 Å². The Labute approximate surface area is 140 Å². The van der Waals surface area contributed by atoms with Crippen LogP contribution in [0.3, 0.4) is 0 Å². The van der Waals surface area contributed by atoms with E-state index in [0.29, 0.717) is 28.3 Å². The molecule has 126 valence electrons. The molecule has 0 amide bonds. The molecular formula is C17H18N2O4S. The van der Waals surface area contributed by atoms with Crippen molar-refractivity contribution in [3.8, 4) is 5.75 Å². The van der Waals surface area contributed by atoms with Crippen LogP contribution < -0.4 is 4.74 Å². The number of aromatic nitrogens is 2. The van der Waals surface area contributed by atoms with Crippen molar-refractivity contribution in [1.82, 2.24) is 9.13 Å². The van der Waals surface area contributed by atoms with Gasteiger partial charge in [-0.25, -0.2) is 12.4 Å². The molecule has 1 unspecified atom stereocenters. The fourth-order valence-corrected chi connectivity index (χ4v) is 4.70. The van der Waals surface area contributed by atoms with Crippen LogP contribution in [0.4, 0.5) is 0 Å². The van der Waals surface area contributed by atoms with Crippen LogP contribution >= 0.6 is 0 Å². The molecule has 0 N–H and O–H groups in total. The Morgan fingerprint density at radius 1 is 1.33 bits per heavy atom. The molecule has 1 aromatic carbocycles. The zero-order chi connectivity index (χ0) is 17.5. The van der Waals surface area contributed by atoms with Gasteiger partial charge in [-0.1, -0.05) is 23.4 Å². The topological polar surface area (TPSA) is 74.3 Å². The number of methoxy groups -OCH3 is 1. The van der Waals surface area contributed by atoms with E-state index in [1.807, 2.05) is 12.1 Å². The predicted molar refractivity (Wildman–Crippen MR) is 91.7 cm³/mol. The molecule has 0 aliphatic heterocycles. The van der Waals surface area contributed by atoms with Crippen LogP contribution in [0.25, 0.3) is 10.9 Å². The molecular weight excluding hydrogens is 328 g/mol. The van der Waals surface area contributed by atoms with Gasteiger partial charge >= 0.3 is 0 Å². The summed E-state index contributed by atoms with van der Waals surface area (Å²) in [4.78, 5) is 0. The summed E-state index contributed by atoms with van der Waals surface area (Å²) in [7, 11) is -2.30. The van der Waals surface area contributed by atoms with E-state index in [2.05, 4.69) is 11.7 Å². The normalized spacial score (nSPS) is 13.1. The van der Waals surface area contributed by atoms with Crippen LogP contribution in [0.5, 0.6) is 5.75 Å². The fraction of sp³-hybridized carbons (Fsp3) is 0.235. The summed E-state index contributed by atoms with van der Waals surface area (Å²) in [5.74, 6) is 0.958. The molecule has 0 aliphatic carbocycles. The summed E-state index contributed by atoms with van der Waals surface area (Å²) in [6.45, 7) is 7.11. The highest BCUT2D eigenvalue weighted by Gasteiger charge is 2.32. The summed E-state index contributed by atoms with van der Waals surface area (Å²) >= 11 is 0.